The number of guanidine groups is 1. The molecule has 0 atom stereocenters. The highest BCUT2D eigenvalue weighted by Gasteiger charge is 2.21. The van der Waals surface area contributed by atoms with E-state index in [1.807, 2.05) is 18.2 Å². The Morgan fingerprint density at radius 2 is 1.90 bits per heavy atom. The number of hydrogen-bond acceptors (Lipinski definition) is 4. The van der Waals surface area contributed by atoms with E-state index in [4.69, 9.17) is 14.7 Å². The van der Waals surface area contributed by atoms with Crippen LogP contribution in [-0.4, -0.2) is 38.7 Å². The summed E-state index contributed by atoms with van der Waals surface area (Å²) in [6.45, 7) is 1.70. The van der Waals surface area contributed by atoms with E-state index in [9.17, 15) is 4.39 Å². The predicted molar refractivity (Wildman–Crippen MR) is 120 cm³/mol. The lowest BCUT2D eigenvalue weighted by molar-refractivity contribution is 0.346. The number of aliphatic imine (C=N–C) groups is 1. The largest absolute Gasteiger partial charge is 0.493 e. The molecule has 1 aliphatic rings. The van der Waals surface area contributed by atoms with Crippen LogP contribution in [0, 0.1) is 17.1 Å². The van der Waals surface area contributed by atoms with Crippen molar-refractivity contribution in [3.8, 4) is 17.6 Å². The van der Waals surface area contributed by atoms with E-state index in [0.717, 1.165) is 24.3 Å². The molecule has 0 unspecified atom stereocenters. The number of ether oxygens (including phenoxy) is 2. The Kier molecular flexibility index (Phi) is 8.08. The van der Waals surface area contributed by atoms with Crippen molar-refractivity contribution in [1.29, 1.82) is 5.26 Å². The molecule has 0 radical (unpaired) electrons. The molecule has 0 saturated carbocycles. The van der Waals surface area contributed by atoms with Crippen molar-refractivity contribution in [2.24, 2.45) is 4.99 Å². The molecule has 1 N–H and O–H groups in total. The first-order valence-electron chi connectivity index (χ1n) is 8.97. The maximum atomic E-state index is 14.0. The molecule has 0 saturated heterocycles. The van der Waals surface area contributed by atoms with Crippen LogP contribution >= 0.6 is 24.0 Å². The van der Waals surface area contributed by atoms with Crippen LogP contribution in [0.2, 0.25) is 0 Å². The van der Waals surface area contributed by atoms with Crippen molar-refractivity contribution in [2.75, 3.05) is 27.8 Å². The molecule has 0 aliphatic carbocycles. The summed E-state index contributed by atoms with van der Waals surface area (Å²) in [6, 6.07) is 10.4. The number of nitrogens with one attached hydrogen (secondary N) is 1. The lowest BCUT2D eigenvalue weighted by atomic mass is 9.99. The number of nitriles is 1. The van der Waals surface area contributed by atoms with Crippen LogP contribution in [0.3, 0.4) is 0 Å². The second-order valence-corrected chi connectivity index (χ2v) is 6.47. The third kappa shape index (κ3) is 5.09. The lowest BCUT2D eigenvalue weighted by Crippen LogP contribution is -2.43. The van der Waals surface area contributed by atoms with Gasteiger partial charge in [0.15, 0.2) is 17.5 Å². The van der Waals surface area contributed by atoms with Gasteiger partial charge in [0.1, 0.15) is 5.82 Å². The molecule has 8 heteroatoms. The van der Waals surface area contributed by atoms with Gasteiger partial charge in [-0.25, -0.2) is 4.39 Å². The van der Waals surface area contributed by atoms with Crippen molar-refractivity contribution in [1.82, 2.24) is 10.2 Å². The molecule has 1 heterocycles. The molecule has 0 fully saturated rings. The minimum Gasteiger partial charge on any atom is -0.493 e. The summed E-state index contributed by atoms with van der Waals surface area (Å²) >= 11 is 0. The second-order valence-electron chi connectivity index (χ2n) is 6.47. The van der Waals surface area contributed by atoms with Gasteiger partial charge < -0.3 is 19.7 Å². The van der Waals surface area contributed by atoms with Crippen LogP contribution < -0.4 is 14.8 Å². The molecule has 29 heavy (non-hydrogen) atoms. The molecule has 1 aliphatic heterocycles. The molecular formula is C21H24FIN4O2. The fourth-order valence-corrected chi connectivity index (χ4v) is 3.35. The van der Waals surface area contributed by atoms with Gasteiger partial charge in [-0.15, -0.1) is 24.0 Å². The first kappa shape index (κ1) is 22.7. The third-order valence-corrected chi connectivity index (χ3v) is 4.84. The van der Waals surface area contributed by atoms with Crippen molar-refractivity contribution < 1.29 is 13.9 Å². The van der Waals surface area contributed by atoms with Gasteiger partial charge in [0.25, 0.3) is 0 Å². The average molecular weight is 510 g/mol. The molecule has 3 rings (SSSR count). The number of hydrogen-bond donors (Lipinski definition) is 1. The Labute approximate surface area is 187 Å². The Morgan fingerprint density at radius 3 is 2.52 bits per heavy atom. The normalized spacial score (nSPS) is 13.1. The van der Waals surface area contributed by atoms with Crippen LogP contribution in [0.15, 0.2) is 35.3 Å². The summed E-state index contributed by atoms with van der Waals surface area (Å²) < 4.78 is 24.8. The van der Waals surface area contributed by atoms with Gasteiger partial charge in [0.05, 0.1) is 25.9 Å². The fourth-order valence-electron chi connectivity index (χ4n) is 3.35. The van der Waals surface area contributed by atoms with Gasteiger partial charge >= 0.3 is 0 Å². The highest BCUT2D eigenvalue weighted by Crippen LogP contribution is 2.33. The third-order valence-electron chi connectivity index (χ3n) is 4.84. The maximum absolute atomic E-state index is 14.0. The molecular weight excluding hydrogens is 486 g/mol. The monoisotopic (exact) mass is 510 g/mol. The van der Waals surface area contributed by atoms with Gasteiger partial charge in [-0.1, -0.05) is 0 Å². The van der Waals surface area contributed by atoms with E-state index >= 15 is 0 Å². The first-order chi connectivity index (χ1) is 13.6. The minimum atomic E-state index is -0.345. The van der Waals surface area contributed by atoms with Crippen molar-refractivity contribution in [3.63, 3.8) is 0 Å². The molecule has 0 amide bonds. The Hall–Kier alpha value is -2.54. The van der Waals surface area contributed by atoms with Gasteiger partial charge in [0.2, 0.25) is 0 Å². The zero-order valence-corrected chi connectivity index (χ0v) is 19.0. The average Bonchev–Trinajstić information content (AvgIpc) is 2.74. The molecule has 2 aromatic rings. The summed E-state index contributed by atoms with van der Waals surface area (Å²) in [4.78, 5) is 6.45. The van der Waals surface area contributed by atoms with Crippen LogP contribution in [-0.2, 0) is 19.5 Å². The molecule has 0 aromatic heterocycles. The SMILES string of the molecule is CN=C(NCc1cc(C#N)ccc1F)N1CCc2cc(OC)c(OC)cc2C1.I. The second kappa shape index (κ2) is 10.3. The van der Waals surface area contributed by atoms with Gasteiger partial charge in [-0.3, -0.25) is 4.99 Å². The molecule has 0 spiro atoms. The standard InChI is InChI=1S/C21H23FN4O2.HI/c1-24-21(25-12-16-8-14(11-23)4-5-18(16)22)26-7-6-15-9-19(27-2)20(28-3)10-17(15)13-26;/h4-5,8-10H,6-7,12-13H2,1-3H3,(H,24,25);1H. The van der Waals surface area contributed by atoms with Crippen molar-refractivity contribution >= 4 is 29.9 Å². The number of benzene rings is 2. The topological polar surface area (TPSA) is 69.9 Å². The van der Waals surface area contributed by atoms with E-state index < -0.39 is 0 Å². The van der Waals surface area contributed by atoms with Gasteiger partial charge in [-0.2, -0.15) is 5.26 Å². The van der Waals surface area contributed by atoms with Gasteiger partial charge in [0, 0.05) is 32.2 Å². The summed E-state index contributed by atoms with van der Waals surface area (Å²) in [5.41, 5.74) is 3.23. The lowest BCUT2D eigenvalue weighted by Gasteiger charge is -2.32. The highest BCUT2D eigenvalue weighted by molar-refractivity contribution is 14.0. The Balaban J connectivity index is 0.00000300. The van der Waals surface area contributed by atoms with Crippen molar-refractivity contribution in [3.05, 3.63) is 58.4 Å². The molecule has 154 valence electrons. The fraction of sp³-hybridized carbons (Fsp3) is 0.333. The van der Waals surface area contributed by atoms with Crippen LogP contribution in [0.25, 0.3) is 0 Å². The summed E-state index contributed by atoms with van der Waals surface area (Å²) in [5.74, 6) is 1.76. The zero-order valence-electron chi connectivity index (χ0n) is 16.7. The zero-order chi connectivity index (χ0) is 20.1. The van der Waals surface area contributed by atoms with Crippen LogP contribution in [0.4, 0.5) is 4.39 Å². The van der Waals surface area contributed by atoms with Crippen LogP contribution in [0.1, 0.15) is 22.3 Å². The Bertz CT molecular complexity index is 943. The number of fused-ring (bicyclic) bond motifs is 1. The maximum Gasteiger partial charge on any atom is 0.194 e. The highest BCUT2D eigenvalue weighted by atomic mass is 127. The van der Waals surface area contributed by atoms with E-state index in [0.29, 0.717) is 29.4 Å². The van der Waals surface area contributed by atoms with E-state index in [2.05, 4.69) is 15.2 Å². The number of methoxy groups -OCH3 is 2. The molecule has 0 bridgehead atoms. The van der Waals surface area contributed by atoms with Gasteiger partial charge in [-0.05, 0) is 47.9 Å². The summed E-state index contributed by atoms with van der Waals surface area (Å²) in [6.07, 6.45) is 0.842. The quantitative estimate of drug-likeness (QED) is 0.388. The van der Waals surface area contributed by atoms with E-state index in [1.54, 1.807) is 27.3 Å². The predicted octanol–water partition coefficient (Wildman–Crippen LogP) is 3.47. The number of halogens is 2. The van der Waals surface area contributed by atoms with Crippen molar-refractivity contribution in [2.45, 2.75) is 19.5 Å². The first-order valence-corrected chi connectivity index (χ1v) is 8.97. The molecule has 6 nitrogen and oxygen atoms in total. The summed E-state index contributed by atoms with van der Waals surface area (Å²) in [7, 11) is 4.95. The molecule has 2 aromatic carbocycles. The number of nitrogens with zero attached hydrogens (tertiary/aromatic N) is 3. The van der Waals surface area contributed by atoms with E-state index in [-0.39, 0.29) is 36.3 Å². The number of rotatable bonds is 4. The minimum absolute atomic E-state index is 0. The van der Waals surface area contributed by atoms with Crippen LogP contribution in [0.5, 0.6) is 11.5 Å². The Morgan fingerprint density at radius 1 is 1.21 bits per heavy atom. The van der Waals surface area contributed by atoms with E-state index in [1.165, 1.54) is 17.7 Å². The summed E-state index contributed by atoms with van der Waals surface area (Å²) in [5, 5.41) is 12.2. The smallest absolute Gasteiger partial charge is 0.194 e.